The van der Waals surface area contributed by atoms with Gasteiger partial charge in [-0.2, -0.15) is 0 Å². The Bertz CT molecular complexity index is 1440. The monoisotopic (exact) mass is 453 g/mol. The van der Waals surface area contributed by atoms with Crippen LogP contribution in [0.15, 0.2) is 44.7 Å². The number of nitrogens with zero attached hydrogens (tertiary/aromatic N) is 5. The molecule has 0 N–H and O–H groups in total. The fourth-order valence-electron chi connectivity index (χ4n) is 3.50. The first-order chi connectivity index (χ1) is 15.8. The highest BCUT2D eigenvalue weighted by molar-refractivity contribution is 5.92. The largest absolute Gasteiger partial charge is 0.488 e. The predicted molar refractivity (Wildman–Crippen MR) is 117 cm³/mol. The Morgan fingerprint density at radius 1 is 1.12 bits per heavy atom. The zero-order chi connectivity index (χ0) is 23.7. The van der Waals surface area contributed by atoms with Crippen molar-refractivity contribution in [3.63, 3.8) is 0 Å². The molecule has 0 spiro atoms. The summed E-state index contributed by atoms with van der Waals surface area (Å²) in [5.41, 5.74) is 1.43. The van der Waals surface area contributed by atoms with Crippen molar-refractivity contribution < 1.29 is 18.8 Å². The van der Waals surface area contributed by atoms with Crippen molar-refractivity contribution >= 4 is 17.1 Å². The summed E-state index contributed by atoms with van der Waals surface area (Å²) < 4.78 is 20.3. The highest BCUT2D eigenvalue weighted by Crippen LogP contribution is 2.22. The van der Waals surface area contributed by atoms with E-state index in [-0.39, 0.29) is 36.5 Å². The van der Waals surface area contributed by atoms with E-state index in [9.17, 15) is 14.4 Å². The lowest BCUT2D eigenvalue weighted by Gasteiger charge is -2.12. The van der Waals surface area contributed by atoms with Crippen LogP contribution in [0.1, 0.15) is 27.4 Å². The van der Waals surface area contributed by atoms with Crippen molar-refractivity contribution in [2.75, 3.05) is 6.61 Å². The smallest absolute Gasteiger partial charge is 0.341 e. The molecule has 4 aromatic rings. The molecule has 0 saturated heterocycles. The zero-order valence-corrected chi connectivity index (χ0v) is 18.7. The van der Waals surface area contributed by atoms with Crippen molar-refractivity contribution in [3.05, 3.63) is 74.0 Å². The van der Waals surface area contributed by atoms with Crippen LogP contribution in [0.2, 0.25) is 0 Å². The SMILES string of the molecule is Cc1noc(C)c1COc1ccccc1C(=O)OCCn1cnc2c1c(=O)n(C)c(=O)n2C. The topological polar surface area (TPSA) is 123 Å². The van der Waals surface area contributed by atoms with Gasteiger partial charge in [-0.05, 0) is 26.0 Å². The van der Waals surface area contributed by atoms with Gasteiger partial charge in [0, 0.05) is 14.1 Å². The summed E-state index contributed by atoms with van der Waals surface area (Å²) in [5, 5.41) is 3.90. The van der Waals surface area contributed by atoms with Crippen LogP contribution in [0.5, 0.6) is 5.75 Å². The Labute approximate surface area is 187 Å². The van der Waals surface area contributed by atoms with E-state index in [0.29, 0.717) is 11.5 Å². The van der Waals surface area contributed by atoms with Crippen LogP contribution in [0.4, 0.5) is 0 Å². The van der Waals surface area contributed by atoms with E-state index >= 15 is 0 Å². The first-order valence-electron chi connectivity index (χ1n) is 10.2. The second kappa shape index (κ2) is 8.77. The minimum absolute atomic E-state index is 0.00547. The minimum atomic E-state index is -0.561. The number of hydrogen-bond donors (Lipinski definition) is 0. The first kappa shape index (κ1) is 22.1. The fraction of sp³-hybridized carbons (Fsp3) is 0.318. The number of fused-ring (bicyclic) bond motifs is 1. The Hall–Kier alpha value is -4.15. The van der Waals surface area contributed by atoms with Crippen LogP contribution >= 0.6 is 0 Å². The van der Waals surface area contributed by atoms with Crippen LogP contribution in [0.3, 0.4) is 0 Å². The van der Waals surface area contributed by atoms with Gasteiger partial charge in [0.2, 0.25) is 0 Å². The van der Waals surface area contributed by atoms with E-state index in [4.69, 9.17) is 14.0 Å². The van der Waals surface area contributed by atoms with E-state index in [1.54, 1.807) is 42.8 Å². The zero-order valence-electron chi connectivity index (χ0n) is 18.7. The number of rotatable bonds is 7. The van der Waals surface area contributed by atoms with Crippen molar-refractivity contribution in [1.82, 2.24) is 23.8 Å². The average molecular weight is 453 g/mol. The van der Waals surface area contributed by atoms with E-state index in [2.05, 4.69) is 10.1 Å². The molecule has 0 amide bonds. The number of para-hydroxylation sites is 1. The summed E-state index contributed by atoms with van der Waals surface area (Å²) in [4.78, 5) is 41.4. The highest BCUT2D eigenvalue weighted by atomic mass is 16.5. The van der Waals surface area contributed by atoms with Crippen molar-refractivity contribution in [1.29, 1.82) is 0 Å². The summed E-state index contributed by atoms with van der Waals surface area (Å²) >= 11 is 0. The van der Waals surface area contributed by atoms with Crippen LogP contribution < -0.4 is 16.0 Å². The number of ether oxygens (including phenoxy) is 2. The first-order valence-corrected chi connectivity index (χ1v) is 10.2. The molecule has 0 aliphatic heterocycles. The van der Waals surface area contributed by atoms with Gasteiger partial charge in [0.05, 0.1) is 24.1 Å². The molecule has 0 aliphatic carbocycles. The number of aromatic nitrogens is 5. The molecule has 0 radical (unpaired) electrons. The van der Waals surface area contributed by atoms with Gasteiger partial charge in [-0.3, -0.25) is 13.9 Å². The van der Waals surface area contributed by atoms with Gasteiger partial charge in [0.15, 0.2) is 11.2 Å². The number of aryl methyl sites for hydroxylation is 3. The maximum atomic E-state index is 12.7. The number of carbonyl (C=O) groups excluding carboxylic acids is 1. The van der Waals surface area contributed by atoms with Gasteiger partial charge in [-0.15, -0.1) is 0 Å². The summed E-state index contributed by atoms with van der Waals surface area (Å²) in [6.07, 6.45) is 1.44. The third-order valence-electron chi connectivity index (χ3n) is 5.44. The summed E-state index contributed by atoms with van der Waals surface area (Å²) in [6.45, 7) is 4.00. The van der Waals surface area contributed by atoms with Crippen molar-refractivity contribution in [2.24, 2.45) is 14.1 Å². The van der Waals surface area contributed by atoms with Crippen molar-refractivity contribution in [2.45, 2.75) is 27.0 Å². The van der Waals surface area contributed by atoms with E-state index in [1.165, 1.54) is 17.9 Å². The Kier molecular flexibility index (Phi) is 5.86. The lowest BCUT2D eigenvalue weighted by molar-refractivity contribution is 0.0487. The van der Waals surface area contributed by atoms with Crippen LogP contribution in [-0.4, -0.2) is 36.4 Å². The third kappa shape index (κ3) is 4.04. The second-order valence-electron chi connectivity index (χ2n) is 7.54. The van der Waals surface area contributed by atoms with Crippen LogP contribution in [0.25, 0.3) is 11.2 Å². The molecule has 0 unspecified atom stereocenters. The molecule has 11 heteroatoms. The predicted octanol–water partition coefficient (Wildman–Crippen LogP) is 1.47. The third-order valence-corrected chi connectivity index (χ3v) is 5.44. The maximum absolute atomic E-state index is 12.7. The maximum Gasteiger partial charge on any atom is 0.341 e. The summed E-state index contributed by atoms with van der Waals surface area (Å²) in [7, 11) is 2.95. The highest BCUT2D eigenvalue weighted by Gasteiger charge is 2.17. The molecule has 0 atom stereocenters. The Morgan fingerprint density at radius 2 is 1.88 bits per heavy atom. The standard InChI is InChI=1S/C22H23N5O6/c1-13-16(14(2)33-24-13)11-32-17-8-6-5-7-15(17)21(29)31-10-9-27-12-23-19-18(27)20(28)26(4)22(30)25(19)3/h5-8,12H,9-11H2,1-4H3. The summed E-state index contributed by atoms with van der Waals surface area (Å²) in [5.74, 6) is 0.470. The van der Waals surface area contributed by atoms with Gasteiger partial charge in [0.25, 0.3) is 5.56 Å². The molecule has 0 aliphatic rings. The molecular weight excluding hydrogens is 430 g/mol. The van der Waals surface area contributed by atoms with Gasteiger partial charge in [-0.25, -0.2) is 14.6 Å². The molecule has 3 aromatic heterocycles. The molecular formula is C22H23N5O6. The van der Waals surface area contributed by atoms with Gasteiger partial charge >= 0.3 is 11.7 Å². The van der Waals surface area contributed by atoms with E-state index in [0.717, 1.165) is 15.8 Å². The normalized spacial score (nSPS) is 11.2. The molecule has 11 nitrogen and oxygen atoms in total. The van der Waals surface area contributed by atoms with Gasteiger partial charge in [0.1, 0.15) is 30.3 Å². The number of hydrogen-bond acceptors (Lipinski definition) is 8. The quantitative estimate of drug-likeness (QED) is 0.386. The average Bonchev–Trinajstić information content (AvgIpc) is 3.38. The number of imidazole rings is 1. The fourth-order valence-corrected chi connectivity index (χ4v) is 3.50. The molecule has 172 valence electrons. The second-order valence-corrected chi connectivity index (χ2v) is 7.54. The van der Waals surface area contributed by atoms with Gasteiger partial charge in [-0.1, -0.05) is 17.3 Å². The molecule has 3 heterocycles. The molecule has 4 rings (SSSR count). The van der Waals surface area contributed by atoms with E-state index < -0.39 is 17.2 Å². The minimum Gasteiger partial charge on any atom is -0.488 e. The lowest BCUT2D eigenvalue weighted by atomic mass is 10.2. The summed E-state index contributed by atoms with van der Waals surface area (Å²) in [6, 6.07) is 6.77. The van der Waals surface area contributed by atoms with Crippen molar-refractivity contribution in [3.8, 4) is 5.75 Å². The number of esters is 1. The Morgan fingerprint density at radius 3 is 2.61 bits per heavy atom. The molecule has 0 bridgehead atoms. The van der Waals surface area contributed by atoms with E-state index in [1.807, 2.05) is 6.92 Å². The number of benzene rings is 1. The molecule has 0 saturated carbocycles. The Balaban J connectivity index is 1.46. The van der Waals surface area contributed by atoms with Crippen LogP contribution in [-0.2, 0) is 32.0 Å². The van der Waals surface area contributed by atoms with Gasteiger partial charge < -0.3 is 18.6 Å². The lowest BCUT2D eigenvalue weighted by Crippen LogP contribution is -2.37. The molecule has 0 fully saturated rings. The number of carbonyl (C=O) groups is 1. The molecule has 1 aromatic carbocycles. The van der Waals surface area contributed by atoms with Crippen LogP contribution in [0, 0.1) is 13.8 Å². The molecule has 33 heavy (non-hydrogen) atoms.